The molecule has 0 radical (unpaired) electrons. The highest BCUT2D eigenvalue weighted by molar-refractivity contribution is 5.03. The minimum absolute atomic E-state index is 0.559. The minimum Gasteiger partial charge on any atom is -0.313 e. The van der Waals surface area contributed by atoms with Crippen LogP contribution in [0.3, 0.4) is 0 Å². The quantitative estimate of drug-likeness (QED) is 0.698. The predicted octanol–water partition coefficient (Wildman–Crippen LogP) is 1.94. The Morgan fingerprint density at radius 1 is 1.41 bits per heavy atom. The largest absolute Gasteiger partial charge is 0.313 e. The molecule has 96 valence electrons. The van der Waals surface area contributed by atoms with E-state index in [1.807, 2.05) is 12.3 Å². The van der Waals surface area contributed by atoms with Crippen LogP contribution in [0.2, 0.25) is 0 Å². The Kier molecular flexibility index (Phi) is 6.82. The molecule has 0 saturated heterocycles. The predicted molar refractivity (Wildman–Crippen MR) is 73.2 cm³/mol. The van der Waals surface area contributed by atoms with E-state index in [0.29, 0.717) is 6.04 Å². The summed E-state index contributed by atoms with van der Waals surface area (Å²) in [5, 5.41) is 3.55. The maximum Gasteiger partial charge on any atom is 0.0404 e. The third kappa shape index (κ3) is 6.39. The maximum atomic E-state index is 4.32. The molecular formula is C14H25N3. The molecule has 0 aliphatic carbocycles. The molecule has 0 aliphatic heterocycles. The number of pyridine rings is 1. The second-order valence-electron chi connectivity index (χ2n) is 4.63. The zero-order chi connectivity index (χ0) is 12.5. The Balaban J connectivity index is 2.08. The summed E-state index contributed by atoms with van der Waals surface area (Å²) in [6.45, 7) is 7.72. The first-order valence-corrected chi connectivity index (χ1v) is 6.54. The van der Waals surface area contributed by atoms with E-state index in [9.17, 15) is 0 Å². The second-order valence-corrected chi connectivity index (χ2v) is 4.63. The van der Waals surface area contributed by atoms with Crippen LogP contribution in [0.1, 0.15) is 26.0 Å². The van der Waals surface area contributed by atoms with Crippen molar-refractivity contribution in [1.29, 1.82) is 0 Å². The van der Waals surface area contributed by atoms with Gasteiger partial charge in [-0.15, -0.1) is 0 Å². The molecule has 3 heteroatoms. The Labute approximate surface area is 105 Å². The molecule has 1 atom stereocenters. The van der Waals surface area contributed by atoms with Crippen LogP contribution in [0.4, 0.5) is 0 Å². The molecule has 0 aliphatic rings. The zero-order valence-electron chi connectivity index (χ0n) is 11.3. The number of aromatic nitrogens is 1. The molecule has 1 aromatic rings. The van der Waals surface area contributed by atoms with Gasteiger partial charge in [0.1, 0.15) is 0 Å². The number of nitrogens with one attached hydrogen (secondary N) is 1. The van der Waals surface area contributed by atoms with Crippen LogP contribution < -0.4 is 5.32 Å². The topological polar surface area (TPSA) is 28.2 Å². The van der Waals surface area contributed by atoms with Crippen molar-refractivity contribution in [3.8, 4) is 0 Å². The summed E-state index contributed by atoms with van der Waals surface area (Å²) in [6.07, 6.45) is 4.07. The van der Waals surface area contributed by atoms with Crippen LogP contribution in [-0.2, 0) is 6.42 Å². The van der Waals surface area contributed by atoms with Crippen LogP contribution in [0.15, 0.2) is 24.4 Å². The number of nitrogens with zero attached hydrogens (tertiary/aromatic N) is 2. The molecule has 1 heterocycles. The first-order chi connectivity index (χ1) is 8.22. The van der Waals surface area contributed by atoms with E-state index in [2.05, 4.69) is 48.2 Å². The smallest absolute Gasteiger partial charge is 0.0404 e. The molecule has 1 unspecified atom stereocenters. The van der Waals surface area contributed by atoms with Crippen LogP contribution in [-0.4, -0.2) is 42.6 Å². The van der Waals surface area contributed by atoms with Gasteiger partial charge in [0.2, 0.25) is 0 Å². The average Bonchev–Trinajstić information content (AvgIpc) is 2.36. The van der Waals surface area contributed by atoms with Crippen LogP contribution >= 0.6 is 0 Å². The number of rotatable bonds is 8. The van der Waals surface area contributed by atoms with Gasteiger partial charge >= 0.3 is 0 Å². The lowest BCUT2D eigenvalue weighted by Crippen LogP contribution is -2.37. The van der Waals surface area contributed by atoms with Crippen molar-refractivity contribution in [3.05, 3.63) is 30.1 Å². The molecule has 0 saturated carbocycles. The summed E-state index contributed by atoms with van der Waals surface area (Å²) in [4.78, 5) is 6.65. The van der Waals surface area contributed by atoms with Gasteiger partial charge in [0.25, 0.3) is 0 Å². The van der Waals surface area contributed by atoms with E-state index in [0.717, 1.165) is 32.5 Å². The number of hydrogen-bond acceptors (Lipinski definition) is 3. The number of aryl methyl sites for hydroxylation is 1. The van der Waals surface area contributed by atoms with Crippen LogP contribution in [0, 0.1) is 0 Å². The standard InChI is InChI=1S/C14H25N3/c1-4-17(3)12-13(2)15-11-7-9-14-8-5-6-10-16-14/h5-6,8,10,13,15H,4,7,9,11-12H2,1-3H3. The minimum atomic E-state index is 0.559. The fraction of sp³-hybridized carbons (Fsp3) is 0.643. The highest BCUT2D eigenvalue weighted by atomic mass is 15.1. The van der Waals surface area contributed by atoms with E-state index in [4.69, 9.17) is 0 Å². The van der Waals surface area contributed by atoms with Gasteiger partial charge in [-0.05, 0) is 52.0 Å². The van der Waals surface area contributed by atoms with Gasteiger partial charge in [0.15, 0.2) is 0 Å². The lowest BCUT2D eigenvalue weighted by Gasteiger charge is -2.20. The summed E-state index contributed by atoms with van der Waals surface area (Å²) in [5.74, 6) is 0. The van der Waals surface area contributed by atoms with Gasteiger partial charge in [-0.25, -0.2) is 0 Å². The molecule has 1 aromatic heterocycles. The van der Waals surface area contributed by atoms with E-state index >= 15 is 0 Å². The normalized spacial score (nSPS) is 12.9. The fourth-order valence-electron chi connectivity index (χ4n) is 1.83. The third-order valence-corrected chi connectivity index (χ3v) is 2.95. The fourth-order valence-corrected chi connectivity index (χ4v) is 1.83. The van der Waals surface area contributed by atoms with E-state index in [-0.39, 0.29) is 0 Å². The summed E-state index contributed by atoms with van der Waals surface area (Å²) < 4.78 is 0. The SMILES string of the molecule is CCN(C)CC(C)NCCCc1ccccn1. The first kappa shape index (κ1) is 14.1. The monoisotopic (exact) mass is 235 g/mol. The van der Waals surface area contributed by atoms with Crippen LogP contribution in [0.5, 0.6) is 0 Å². The number of likely N-dealkylation sites (N-methyl/N-ethyl adjacent to an activating group) is 1. The zero-order valence-corrected chi connectivity index (χ0v) is 11.3. The Bertz CT molecular complexity index is 287. The van der Waals surface area contributed by atoms with Gasteiger partial charge in [-0.3, -0.25) is 4.98 Å². The Morgan fingerprint density at radius 3 is 2.88 bits per heavy atom. The maximum absolute atomic E-state index is 4.32. The van der Waals surface area contributed by atoms with Crippen molar-refractivity contribution in [1.82, 2.24) is 15.2 Å². The highest BCUT2D eigenvalue weighted by Crippen LogP contribution is 1.97. The van der Waals surface area contributed by atoms with Crippen molar-refractivity contribution in [2.75, 3.05) is 26.7 Å². The van der Waals surface area contributed by atoms with Crippen molar-refractivity contribution in [2.24, 2.45) is 0 Å². The van der Waals surface area contributed by atoms with E-state index < -0.39 is 0 Å². The summed E-state index contributed by atoms with van der Waals surface area (Å²) in [7, 11) is 2.16. The molecule has 17 heavy (non-hydrogen) atoms. The van der Waals surface area contributed by atoms with Crippen molar-refractivity contribution in [2.45, 2.75) is 32.7 Å². The van der Waals surface area contributed by atoms with Gasteiger partial charge in [-0.1, -0.05) is 13.0 Å². The summed E-state index contributed by atoms with van der Waals surface area (Å²) in [5.41, 5.74) is 1.19. The van der Waals surface area contributed by atoms with Crippen molar-refractivity contribution in [3.63, 3.8) is 0 Å². The van der Waals surface area contributed by atoms with Crippen molar-refractivity contribution >= 4 is 0 Å². The number of hydrogen-bond donors (Lipinski definition) is 1. The molecule has 0 fully saturated rings. The van der Waals surface area contributed by atoms with Gasteiger partial charge < -0.3 is 10.2 Å². The van der Waals surface area contributed by atoms with Gasteiger partial charge in [-0.2, -0.15) is 0 Å². The van der Waals surface area contributed by atoms with Crippen molar-refractivity contribution < 1.29 is 0 Å². The van der Waals surface area contributed by atoms with E-state index in [1.54, 1.807) is 0 Å². The lowest BCUT2D eigenvalue weighted by molar-refractivity contribution is 0.310. The molecule has 0 bridgehead atoms. The van der Waals surface area contributed by atoms with Gasteiger partial charge in [0, 0.05) is 24.5 Å². The highest BCUT2D eigenvalue weighted by Gasteiger charge is 2.03. The molecule has 1 N–H and O–H groups in total. The van der Waals surface area contributed by atoms with Crippen LogP contribution in [0.25, 0.3) is 0 Å². The summed E-state index contributed by atoms with van der Waals surface area (Å²) >= 11 is 0. The second kappa shape index (κ2) is 8.20. The first-order valence-electron chi connectivity index (χ1n) is 6.54. The Hall–Kier alpha value is -0.930. The summed E-state index contributed by atoms with van der Waals surface area (Å²) in [6, 6.07) is 6.66. The average molecular weight is 235 g/mol. The van der Waals surface area contributed by atoms with Gasteiger partial charge in [0.05, 0.1) is 0 Å². The molecular weight excluding hydrogens is 210 g/mol. The van der Waals surface area contributed by atoms with E-state index in [1.165, 1.54) is 5.69 Å². The molecule has 0 spiro atoms. The lowest BCUT2D eigenvalue weighted by atomic mass is 10.2. The molecule has 1 rings (SSSR count). The molecule has 3 nitrogen and oxygen atoms in total. The Morgan fingerprint density at radius 2 is 2.24 bits per heavy atom. The molecule has 0 aromatic carbocycles. The third-order valence-electron chi connectivity index (χ3n) is 2.95. The molecule has 0 amide bonds.